The molecule has 154 valence electrons. The van der Waals surface area contributed by atoms with Crippen molar-refractivity contribution in [1.29, 1.82) is 5.26 Å². The molecular formula is C21H13FN4O3S2. The Kier molecular flexibility index (Phi) is 5.62. The Morgan fingerprint density at radius 3 is 2.52 bits per heavy atom. The minimum atomic E-state index is -3.94. The number of sulfonamides is 1. The molecule has 0 saturated heterocycles. The molecule has 4 rings (SSSR count). The first kappa shape index (κ1) is 20.5. The Hall–Kier alpha value is -3.81. The van der Waals surface area contributed by atoms with E-state index in [0.29, 0.717) is 11.3 Å². The van der Waals surface area contributed by atoms with Crippen LogP contribution in [0.1, 0.15) is 5.56 Å². The van der Waals surface area contributed by atoms with E-state index in [1.807, 2.05) is 12.1 Å². The lowest BCUT2D eigenvalue weighted by molar-refractivity contribution is 0.482. The summed E-state index contributed by atoms with van der Waals surface area (Å²) in [4.78, 5) is 3.68. The fourth-order valence-corrected chi connectivity index (χ4v) is 4.47. The highest BCUT2D eigenvalue weighted by Gasteiger charge is 2.19. The number of anilines is 1. The van der Waals surface area contributed by atoms with E-state index in [-0.39, 0.29) is 27.2 Å². The maximum absolute atomic E-state index is 13.3. The van der Waals surface area contributed by atoms with E-state index in [1.165, 1.54) is 36.7 Å². The number of nitriles is 1. The van der Waals surface area contributed by atoms with Crippen molar-refractivity contribution in [2.45, 2.75) is 4.90 Å². The monoisotopic (exact) mass is 452 g/mol. The molecule has 7 nitrogen and oxygen atoms in total. The Bertz CT molecular complexity index is 1370. The molecule has 0 atom stereocenters. The molecule has 3 aromatic carbocycles. The smallest absolute Gasteiger partial charge is 0.263 e. The average Bonchev–Trinajstić information content (AvgIpc) is 3.27. The summed E-state index contributed by atoms with van der Waals surface area (Å²) in [6.07, 6.45) is 1.23. The van der Waals surface area contributed by atoms with Crippen LogP contribution in [0.15, 0.2) is 78.0 Å². The molecule has 0 amide bonds. The molecular weight excluding hydrogens is 439 g/mol. The van der Waals surface area contributed by atoms with E-state index in [4.69, 9.17) is 4.74 Å². The normalized spacial score (nSPS) is 11.0. The molecule has 0 unspecified atom stereocenters. The van der Waals surface area contributed by atoms with Crippen LogP contribution in [0.3, 0.4) is 0 Å². The van der Waals surface area contributed by atoms with Crippen LogP contribution < -0.4 is 9.46 Å². The number of rotatable bonds is 6. The van der Waals surface area contributed by atoms with Gasteiger partial charge in [0.25, 0.3) is 10.0 Å². The zero-order valence-electron chi connectivity index (χ0n) is 15.7. The lowest BCUT2D eigenvalue weighted by Crippen LogP contribution is -2.13. The van der Waals surface area contributed by atoms with Crippen LogP contribution in [0, 0.1) is 17.1 Å². The third kappa shape index (κ3) is 4.53. The zero-order chi connectivity index (χ0) is 21.8. The molecule has 0 aliphatic rings. The molecule has 0 aliphatic carbocycles. The molecule has 1 aromatic heterocycles. The van der Waals surface area contributed by atoms with Gasteiger partial charge in [0.05, 0.1) is 10.5 Å². The third-order valence-corrected chi connectivity index (χ3v) is 6.27. The average molecular weight is 452 g/mol. The van der Waals surface area contributed by atoms with Gasteiger partial charge in [0.2, 0.25) is 5.13 Å². The van der Waals surface area contributed by atoms with Gasteiger partial charge in [0, 0.05) is 17.1 Å². The summed E-state index contributed by atoms with van der Waals surface area (Å²) in [5.74, 6) is 0.271. The molecule has 1 N–H and O–H groups in total. The quantitative estimate of drug-likeness (QED) is 0.450. The summed E-state index contributed by atoms with van der Waals surface area (Å²) in [5.41, 5.74) is 1.46. The topological polar surface area (TPSA) is 105 Å². The van der Waals surface area contributed by atoms with Crippen molar-refractivity contribution in [2.24, 2.45) is 0 Å². The first-order chi connectivity index (χ1) is 15.0. The summed E-state index contributed by atoms with van der Waals surface area (Å²) in [6, 6.07) is 19.0. The Morgan fingerprint density at radius 1 is 1.03 bits per heavy atom. The largest absolute Gasteiger partial charge is 0.455 e. The second-order valence-corrected chi connectivity index (χ2v) is 8.69. The van der Waals surface area contributed by atoms with E-state index in [2.05, 4.69) is 14.1 Å². The molecule has 0 spiro atoms. The van der Waals surface area contributed by atoms with Crippen LogP contribution in [0.4, 0.5) is 9.52 Å². The maximum atomic E-state index is 13.3. The van der Waals surface area contributed by atoms with Gasteiger partial charge in [0.15, 0.2) is 0 Å². The number of ether oxygens (including phenoxy) is 1. The van der Waals surface area contributed by atoms with Crippen molar-refractivity contribution >= 4 is 26.7 Å². The highest BCUT2D eigenvalue weighted by atomic mass is 32.2. The van der Waals surface area contributed by atoms with Crippen molar-refractivity contribution < 1.29 is 17.5 Å². The van der Waals surface area contributed by atoms with Gasteiger partial charge in [-0.05, 0) is 42.0 Å². The van der Waals surface area contributed by atoms with E-state index in [0.717, 1.165) is 17.1 Å². The second kappa shape index (κ2) is 8.51. The predicted octanol–water partition coefficient (Wildman–Crippen LogP) is 4.81. The number of nitrogens with zero attached hydrogens (tertiary/aromatic N) is 3. The Morgan fingerprint density at radius 2 is 1.81 bits per heavy atom. The predicted molar refractivity (Wildman–Crippen MR) is 114 cm³/mol. The van der Waals surface area contributed by atoms with Gasteiger partial charge < -0.3 is 4.74 Å². The van der Waals surface area contributed by atoms with Gasteiger partial charge in [-0.25, -0.2) is 17.8 Å². The summed E-state index contributed by atoms with van der Waals surface area (Å²) in [5, 5.41) is 9.67. The molecule has 0 bridgehead atoms. The first-order valence-corrected chi connectivity index (χ1v) is 11.1. The fraction of sp³-hybridized carbons (Fsp3) is 0. The number of nitrogens with one attached hydrogen (secondary N) is 1. The number of hydrogen-bond donors (Lipinski definition) is 1. The van der Waals surface area contributed by atoms with E-state index in [9.17, 15) is 18.1 Å². The number of hydrogen-bond acceptors (Lipinski definition) is 7. The molecule has 0 aliphatic heterocycles. The molecule has 0 saturated carbocycles. The van der Waals surface area contributed by atoms with Gasteiger partial charge in [-0.1, -0.05) is 30.3 Å². The highest BCUT2D eigenvalue weighted by Crippen LogP contribution is 2.35. The van der Waals surface area contributed by atoms with Crippen molar-refractivity contribution in [1.82, 2.24) is 9.36 Å². The van der Waals surface area contributed by atoms with Gasteiger partial charge in [-0.3, -0.25) is 4.72 Å². The second-order valence-electron chi connectivity index (χ2n) is 6.23. The van der Waals surface area contributed by atoms with Crippen molar-refractivity contribution in [3.63, 3.8) is 0 Å². The van der Waals surface area contributed by atoms with Crippen molar-refractivity contribution in [2.75, 3.05) is 4.72 Å². The van der Waals surface area contributed by atoms with Crippen molar-refractivity contribution in [3.05, 3.63) is 84.4 Å². The Labute approximate surface area is 181 Å². The molecule has 4 aromatic rings. The Balaban J connectivity index is 1.66. The molecule has 10 heteroatoms. The molecule has 1 heterocycles. The van der Waals surface area contributed by atoms with Gasteiger partial charge in [-0.15, -0.1) is 0 Å². The summed E-state index contributed by atoms with van der Waals surface area (Å²) in [7, 11) is -3.94. The third-order valence-electron chi connectivity index (χ3n) is 4.23. The van der Waals surface area contributed by atoms with Gasteiger partial charge in [-0.2, -0.15) is 9.64 Å². The van der Waals surface area contributed by atoms with Gasteiger partial charge in [0.1, 0.15) is 29.7 Å². The number of benzene rings is 3. The molecule has 31 heavy (non-hydrogen) atoms. The molecule has 0 radical (unpaired) electrons. The van der Waals surface area contributed by atoms with Crippen LogP contribution in [0.5, 0.6) is 11.5 Å². The van der Waals surface area contributed by atoms with Crippen LogP contribution in [-0.2, 0) is 10.0 Å². The minimum Gasteiger partial charge on any atom is -0.455 e. The fourth-order valence-electron chi connectivity index (χ4n) is 2.79. The summed E-state index contributed by atoms with van der Waals surface area (Å²) < 4.78 is 50.4. The van der Waals surface area contributed by atoms with Crippen LogP contribution in [0.25, 0.3) is 11.1 Å². The minimum absolute atomic E-state index is 0.0362. The number of para-hydroxylation sites is 1. The number of aromatic nitrogens is 2. The molecule has 0 fully saturated rings. The van der Waals surface area contributed by atoms with Crippen LogP contribution >= 0.6 is 11.5 Å². The van der Waals surface area contributed by atoms with E-state index >= 15 is 0 Å². The van der Waals surface area contributed by atoms with E-state index in [1.54, 1.807) is 30.3 Å². The lowest BCUT2D eigenvalue weighted by atomic mass is 10.0. The highest BCUT2D eigenvalue weighted by molar-refractivity contribution is 7.93. The summed E-state index contributed by atoms with van der Waals surface area (Å²) >= 11 is 0.895. The van der Waals surface area contributed by atoms with Crippen molar-refractivity contribution in [3.8, 4) is 28.7 Å². The number of halogens is 1. The SMILES string of the molecule is N#Cc1cc(S(=O)(=O)Nc2ncns2)ccc1Oc1ccccc1-c1ccc(F)cc1. The standard InChI is InChI=1S/C21H13FN4O3S2/c22-16-7-5-14(6-8-16)18-3-1-2-4-20(18)29-19-10-9-17(11-15(19)12-23)31(27,28)26-21-24-13-25-30-21/h1-11,13H,(H,24,25,26). The zero-order valence-corrected chi connectivity index (χ0v) is 17.3. The van der Waals surface area contributed by atoms with Crippen LogP contribution in [-0.4, -0.2) is 17.8 Å². The first-order valence-electron chi connectivity index (χ1n) is 8.83. The lowest BCUT2D eigenvalue weighted by Gasteiger charge is -2.13. The summed E-state index contributed by atoms with van der Waals surface area (Å²) in [6.45, 7) is 0. The van der Waals surface area contributed by atoms with E-state index < -0.39 is 10.0 Å². The van der Waals surface area contributed by atoms with Crippen LogP contribution in [0.2, 0.25) is 0 Å². The van der Waals surface area contributed by atoms with Gasteiger partial charge >= 0.3 is 0 Å². The maximum Gasteiger partial charge on any atom is 0.263 e.